The molecule has 3 aromatic rings. The number of carbonyl (C=O) groups excluding carboxylic acids is 1. The number of hydrogen-bond donors (Lipinski definition) is 1. The van der Waals surface area contributed by atoms with Crippen molar-refractivity contribution in [1.29, 1.82) is 0 Å². The third kappa shape index (κ3) is 5.18. The summed E-state index contributed by atoms with van der Waals surface area (Å²) < 4.78 is 16.4. The number of ether oxygens (including phenoxy) is 2. The van der Waals surface area contributed by atoms with Crippen LogP contribution in [-0.4, -0.2) is 25.8 Å². The molecule has 0 bridgehead atoms. The fourth-order valence-electron chi connectivity index (χ4n) is 2.76. The highest BCUT2D eigenvalue weighted by Crippen LogP contribution is 2.30. The molecule has 2 aromatic carbocycles. The molecule has 1 N–H and O–H groups in total. The van der Waals surface area contributed by atoms with Gasteiger partial charge in [-0.3, -0.25) is 4.79 Å². The SMILES string of the molecule is COc1ccc(-c2ccc(C=NNC(=O)COc3c(C)cccc3C)o2)cc1Cl. The molecule has 0 fully saturated rings. The molecule has 1 heterocycles. The minimum atomic E-state index is -0.363. The Hall–Kier alpha value is -3.25. The summed E-state index contributed by atoms with van der Waals surface area (Å²) in [6, 6.07) is 14.7. The molecule has 1 amide bonds. The fraction of sp³-hybridized carbons (Fsp3) is 0.182. The second kappa shape index (κ2) is 9.30. The van der Waals surface area contributed by atoms with Crippen LogP contribution in [0.25, 0.3) is 11.3 Å². The van der Waals surface area contributed by atoms with Crippen molar-refractivity contribution in [3.05, 3.63) is 70.4 Å². The molecule has 0 radical (unpaired) electrons. The second-order valence-corrected chi connectivity index (χ2v) is 6.76. The first-order chi connectivity index (χ1) is 14.0. The monoisotopic (exact) mass is 412 g/mol. The van der Waals surface area contributed by atoms with Crippen molar-refractivity contribution >= 4 is 23.7 Å². The van der Waals surface area contributed by atoms with Gasteiger partial charge in [-0.15, -0.1) is 0 Å². The van der Waals surface area contributed by atoms with Gasteiger partial charge in [-0.05, 0) is 55.3 Å². The zero-order valence-corrected chi connectivity index (χ0v) is 17.1. The molecule has 0 saturated heterocycles. The number of hydrazone groups is 1. The summed E-state index contributed by atoms with van der Waals surface area (Å²) >= 11 is 6.15. The molecule has 3 rings (SSSR count). The van der Waals surface area contributed by atoms with Gasteiger partial charge in [0.05, 0.1) is 18.3 Å². The van der Waals surface area contributed by atoms with Crippen molar-refractivity contribution in [3.8, 4) is 22.8 Å². The molecule has 0 aliphatic rings. The maximum atomic E-state index is 11.9. The Morgan fingerprint density at radius 3 is 2.62 bits per heavy atom. The largest absolute Gasteiger partial charge is 0.495 e. The molecule has 6 nitrogen and oxygen atoms in total. The van der Waals surface area contributed by atoms with Crippen LogP contribution in [0.5, 0.6) is 11.5 Å². The van der Waals surface area contributed by atoms with Crippen molar-refractivity contribution < 1.29 is 18.7 Å². The minimum absolute atomic E-state index is 0.128. The Morgan fingerprint density at radius 2 is 1.93 bits per heavy atom. The molecule has 0 unspecified atom stereocenters. The first-order valence-electron chi connectivity index (χ1n) is 8.92. The van der Waals surface area contributed by atoms with E-state index < -0.39 is 0 Å². The van der Waals surface area contributed by atoms with Crippen LogP contribution in [0.2, 0.25) is 5.02 Å². The fourth-order valence-corrected chi connectivity index (χ4v) is 3.02. The van der Waals surface area contributed by atoms with Gasteiger partial charge in [0, 0.05) is 5.56 Å². The van der Waals surface area contributed by atoms with E-state index in [-0.39, 0.29) is 12.5 Å². The maximum Gasteiger partial charge on any atom is 0.277 e. The summed E-state index contributed by atoms with van der Waals surface area (Å²) in [5.41, 5.74) is 5.18. The Morgan fingerprint density at radius 1 is 1.17 bits per heavy atom. The van der Waals surface area contributed by atoms with E-state index in [1.807, 2.05) is 38.1 Å². The number of hydrogen-bond acceptors (Lipinski definition) is 5. The highest BCUT2D eigenvalue weighted by Gasteiger charge is 2.08. The lowest BCUT2D eigenvalue weighted by atomic mass is 10.1. The average molecular weight is 413 g/mol. The van der Waals surface area contributed by atoms with Gasteiger partial charge in [0.25, 0.3) is 5.91 Å². The molecular weight excluding hydrogens is 392 g/mol. The number of carbonyl (C=O) groups is 1. The molecule has 0 spiro atoms. The minimum Gasteiger partial charge on any atom is -0.495 e. The van der Waals surface area contributed by atoms with E-state index in [1.165, 1.54) is 6.21 Å². The predicted molar refractivity (Wildman–Crippen MR) is 113 cm³/mol. The molecule has 0 saturated carbocycles. The molecule has 0 atom stereocenters. The number of nitrogens with one attached hydrogen (secondary N) is 1. The number of para-hydroxylation sites is 1. The number of amides is 1. The summed E-state index contributed by atoms with van der Waals surface area (Å²) in [5, 5.41) is 4.40. The zero-order chi connectivity index (χ0) is 20.8. The van der Waals surface area contributed by atoms with E-state index in [9.17, 15) is 4.79 Å². The van der Waals surface area contributed by atoms with E-state index in [0.29, 0.717) is 28.0 Å². The zero-order valence-electron chi connectivity index (χ0n) is 16.4. The van der Waals surface area contributed by atoms with E-state index in [0.717, 1.165) is 16.7 Å². The number of rotatable bonds is 7. The molecule has 1 aromatic heterocycles. The average Bonchev–Trinajstić information content (AvgIpc) is 3.16. The number of halogens is 1. The number of furan rings is 1. The van der Waals surface area contributed by atoms with Crippen LogP contribution in [-0.2, 0) is 4.79 Å². The topological polar surface area (TPSA) is 73.1 Å². The van der Waals surface area contributed by atoms with Crippen molar-refractivity contribution in [3.63, 3.8) is 0 Å². The van der Waals surface area contributed by atoms with Gasteiger partial charge < -0.3 is 13.9 Å². The van der Waals surface area contributed by atoms with E-state index in [4.69, 9.17) is 25.5 Å². The first-order valence-corrected chi connectivity index (χ1v) is 9.30. The summed E-state index contributed by atoms with van der Waals surface area (Å²) in [6.07, 6.45) is 1.42. The van der Waals surface area contributed by atoms with Gasteiger partial charge in [0.1, 0.15) is 23.0 Å². The standard InChI is InChI=1S/C22H21ClN2O4/c1-14-5-4-6-15(2)22(14)28-13-21(26)25-24-12-17-8-10-19(29-17)16-7-9-20(27-3)18(23)11-16/h4-12H,13H2,1-3H3,(H,25,26). The normalized spacial score (nSPS) is 10.9. The summed E-state index contributed by atoms with van der Waals surface area (Å²) in [6.45, 7) is 3.74. The number of aryl methyl sites for hydroxylation is 2. The van der Waals surface area contributed by atoms with Crippen molar-refractivity contribution in [2.24, 2.45) is 5.10 Å². The quantitative estimate of drug-likeness (QED) is 0.448. The van der Waals surface area contributed by atoms with Crippen LogP contribution in [0, 0.1) is 13.8 Å². The number of benzene rings is 2. The summed E-state index contributed by atoms with van der Waals surface area (Å²) in [4.78, 5) is 11.9. The van der Waals surface area contributed by atoms with E-state index in [1.54, 1.807) is 31.4 Å². The Bertz CT molecular complexity index is 1020. The number of nitrogens with zero attached hydrogens (tertiary/aromatic N) is 1. The van der Waals surface area contributed by atoms with Crippen LogP contribution < -0.4 is 14.9 Å². The Kier molecular flexibility index (Phi) is 6.57. The second-order valence-electron chi connectivity index (χ2n) is 6.35. The molecule has 0 aliphatic heterocycles. The predicted octanol–water partition coefficient (Wildman–Crippen LogP) is 4.75. The molecule has 0 aliphatic carbocycles. The van der Waals surface area contributed by atoms with Gasteiger partial charge >= 0.3 is 0 Å². The molecule has 29 heavy (non-hydrogen) atoms. The van der Waals surface area contributed by atoms with Crippen LogP contribution in [0.3, 0.4) is 0 Å². The molecule has 150 valence electrons. The lowest BCUT2D eigenvalue weighted by Crippen LogP contribution is -2.24. The molecule has 7 heteroatoms. The lowest BCUT2D eigenvalue weighted by molar-refractivity contribution is -0.123. The van der Waals surface area contributed by atoms with Crippen molar-refractivity contribution in [2.75, 3.05) is 13.7 Å². The van der Waals surface area contributed by atoms with Gasteiger partial charge in [-0.1, -0.05) is 29.8 Å². The van der Waals surface area contributed by atoms with E-state index in [2.05, 4.69) is 10.5 Å². The van der Waals surface area contributed by atoms with Gasteiger partial charge in [0.15, 0.2) is 6.61 Å². The van der Waals surface area contributed by atoms with Gasteiger partial charge in [0.2, 0.25) is 0 Å². The highest BCUT2D eigenvalue weighted by atomic mass is 35.5. The van der Waals surface area contributed by atoms with Crippen molar-refractivity contribution in [2.45, 2.75) is 13.8 Å². The lowest BCUT2D eigenvalue weighted by Gasteiger charge is -2.10. The maximum absolute atomic E-state index is 11.9. The van der Waals surface area contributed by atoms with Crippen LogP contribution in [0.15, 0.2) is 58.0 Å². The highest BCUT2D eigenvalue weighted by molar-refractivity contribution is 6.32. The third-order valence-corrected chi connectivity index (χ3v) is 4.50. The van der Waals surface area contributed by atoms with Gasteiger partial charge in [-0.2, -0.15) is 5.10 Å². The van der Waals surface area contributed by atoms with Crippen LogP contribution in [0.1, 0.15) is 16.9 Å². The van der Waals surface area contributed by atoms with E-state index >= 15 is 0 Å². The van der Waals surface area contributed by atoms with Crippen molar-refractivity contribution in [1.82, 2.24) is 5.43 Å². The summed E-state index contributed by atoms with van der Waals surface area (Å²) in [5.74, 6) is 2.05. The number of methoxy groups -OCH3 is 1. The molecular formula is C22H21ClN2O4. The van der Waals surface area contributed by atoms with Crippen LogP contribution >= 0.6 is 11.6 Å². The third-order valence-electron chi connectivity index (χ3n) is 4.20. The van der Waals surface area contributed by atoms with Crippen LogP contribution in [0.4, 0.5) is 0 Å². The smallest absolute Gasteiger partial charge is 0.277 e. The summed E-state index contributed by atoms with van der Waals surface area (Å²) in [7, 11) is 1.56. The van der Waals surface area contributed by atoms with Gasteiger partial charge in [-0.25, -0.2) is 5.43 Å². The first kappa shape index (κ1) is 20.5. The Labute approximate surface area is 174 Å². The Balaban J connectivity index is 1.56.